The molecule has 12 heteroatoms. The summed E-state index contributed by atoms with van der Waals surface area (Å²) in [4.78, 5) is 14.4. The monoisotopic (exact) mass is 383 g/mol. The molecule has 1 aliphatic heterocycles. The second-order valence-electron chi connectivity index (χ2n) is 4.81. The number of thioether (sulfide) groups is 1. The molecule has 2 heterocycles. The zero-order valence-corrected chi connectivity index (χ0v) is 14.0. The maximum Gasteiger partial charge on any atom is 0.417 e. The number of alkyl halides is 3. The van der Waals surface area contributed by atoms with Crippen LogP contribution in [-0.2, 0) is 6.18 Å². The molecule has 0 radical (unpaired) electrons. The Kier molecular flexibility index (Phi) is 5.75. The van der Waals surface area contributed by atoms with Crippen LogP contribution < -0.4 is 0 Å². The van der Waals surface area contributed by atoms with Gasteiger partial charge in [0.2, 0.25) is 0 Å². The number of rotatable bonds is 3. The molecule has 0 amide bonds. The van der Waals surface area contributed by atoms with Crippen LogP contribution in [0, 0.1) is 10.1 Å². The fraction of sp³-hybridized carbons (Fsp3) is 0.500. The number of hydrazone groups is 1. The van der Waals surface area contributed by atoms with Gasteiger partial charge in [-0.3, -0.25) is 9.99 Å². The van der Waals surface area contributed by atoms with E-state index in [1.807, 2.05) is 0 Å². The first-order valence-corrected chi connectivity index (χ1v) is 8.32. The Morgan fingerprint density at radius 3 is 2.50 bits per heavy atom. The van der Waals surface area contributed by atoms with Gasteiger partial charge in [-0.2, -0.15) is 18.3 Å². The van der Waals surface area contributed by atoms with Crippen LogP contribution in [0.5, 0.6) is 0 Å². The van der Waals surface area contributed by atoms with Crippen LogP contribution in [0.4, 0.5) is 13.2 Å². The van der Waals surface area contributed by atoms with Crippen molar-refractivity contribution in [1.82, 2.24) is 15.0 Å². The van der Waals surface area contributed by atoms with Crippen molar-refractivity contribution >= 4 is 28.4 Å². The van der Waals surface area contributed by atoms with E-state index in [1.54, 1.807) is 11.3 Å². The highest BCUT2D eigenvalue weighted by atomic mass is 35.5. The Labute approximate surface area is 144 Å². The molecule has 24 heavy (non-hydrogen) atoms. The lowest BCUT2D eigenvalue weighted by molar-refractivity contribution is -0.657. The molecule has 0 atom stereocenters. The van der Waals surface area contributed by atoms with Crippen LogP contribution in [0.25, 0.3) is 0 Å². The highest BCUT2D eigenvalue weighted by Crippen LogP contribution is 2.31. The van der Waals surface area contributed by atoms with Crippen molar-refractivity contribution in [2.75, 3.05) is 32.4 Å². The van der Waals surface area contributed by atoms with E-state index in [4.69, 9.17) is 11.6 Å². The molecule has 1 fully saturated rings. The normalized spacial score (nSPS) is 16.5. The first kappa shape index (κ1) is 18.6. The third-order valence-electron chi connectivity index (χ3n) is 3.26. The number of hydrogen-bond acceptors (Lipinski definition) is 6. The Morgan fingerprint density at radius 1 is 1.42 bits per heavy atom. The van der Waals surface area contributed by atoms with Gasteiger partial charge in [0.25, 0.3) is 0 Å². The predicted molar refractivity (Wildman–Crippen MR) is 84.4 cm³/mol. The molecule has 1 aromatic heterocycles. The molecule has 0 unspecified atom stereocenters. The van der Waals surface area contributed by atoms with Crippen molar-refractivity contribution in [3.63, 3.8) is 0 Å². The molecule has 132 valence electrons. The van der Waals surface area contributed by atoms with Crippen LogP contribution in [0.2, 0.25) is 5.02 Å². The Morgan fingerprint density at radius 2 is 2.04 bits per heavy atom. The SMILES string of the molecule is CS/C(=N/N1CCN([N+](=O)[O-])CC1)c1ncc(C(F)(F)F)cc1Cl. The predicted octanol–water partition coefficient (Wildman–Crippen LogP) is 2.59. The smallest absolute Gasteiger partial charge is 0.292 e. The zero-order valence-electron chi connectivity index (χ0n) is 12.5. The largest absolute Gasteiger partial charge is 0.417 e. The number of hydrazine groups is 1. The lowest BCUT2D eigenvalue weighted by Crippen LogP contribution is -2.46. The Balaban J connectivity index is 2.18. The molecule has 1 aliphatic rings. The molecule has 0 aromatic carbocycles. The van der Waals surface area contributed by atoms with E-state index >= 15 is 0 Å². The molecule has 0 N–H and O–H groups in total. The third kappa shape index (κ3) is 4.41. The first-order chi connectivity index (χ1) is 11.2. The van der Waals surface area contributed by atoms with Crippen molar-refractivity contribution < 1.29 is 18.2 Å². The molecule has 0 aliphatic carbocycles. The lowest BCUT2D eigenvalue weighted by atomic mass is 10.2. The van der Waals surface area contributed by atoms with Gasteiger partial charge in [-0.15, -0.1) is 16.8 Å². The second-order valence-corrected chi connectivity index (χ2v) is 6.01. The number of pyridine rings is 1. The number of aromatic nitrogens is 1. The number of nitrogens with zero attached hydrogens (tertiary/aromatic N) is 5. The lowest BCUT2D eigenvalue weighted by Gasteiger charge is -2.28. The van der Waals surface area contributed by atoms with Gasteiger partial charge in [-0.25, -0.2) is 10.1 Å². The zero-order chi connectivity index (χ0) is 17.9. The fourth-order valence-electron chi connectivity index (χ4n) is 2.01. The molecular formula is C12H13ClF3N5O2S. The van der Waals surface area contributed by atoms with E-state index in [9.17, 15) is 23.3 Å². The van der Waals surface area contributed by atoms with Crippen molar-refractivity contribution in [3.05, 3.63) is 38.7 Å². The van der Waals surface area contributed by atoms with Crippen molar-refractivity contribution in [2.45, 2.75) is 6.18 Å². The van der Waals surface area contributed by atoms with Gasteiger partial charge in [0.05, 0.1) is 36.8 Å². The summed E-state index contributed by atoms with van der Waals surface area (Å²) in [5, 5.41) is 17.4. The van der Waals surface area contributed by atoms with Crippen LogP contribution >= 0.6 is 23.4 Å². The highest BCUT2D eigenvalue weighted by molar-refractivity contribution is 8.13. The van der Waals surface area contributed by atoms with Gasteiger partial charge >= 0.3 is 6.18 Å². The molecule has 0 spiro atoms. The number of halogens is 4. The van der Waals surface area contributed by atoms with E-state index in [2.05, 4.69) is 10.1 Å². The van der Waals surface area contributed by atoms with Crippen molar-refractivity contribution in [1.29, 1.82) is 0 Å². The van der Waals surface area contributed by atoms with Crippen LogP contribution in [0.1, 0.15) is 11.3 Å². The van der Waals surface area contributed by atoms with Gasteiger partial charge < -0.3 is 0 Å². The maximum atomic E-state index is 12.7. The summed E-state index contributed by atoms with van der Waals surface area (Å²) in [5.41, 5.74) is -0.787. The summed E-state index contributed by atoms with van der Waals surface area (Å²) in [6.07, 6.45) is -2.12. The molecule has 0 bridgehead atoms. The summed E-state index contributed by atoms with van der Waals surface area (Å²) in [6.45, 7) is 1.05. The minimum absolute atomic E-state index is 0.147. The average molecular weight is 384 g/mol. The molecule has 2 rings (SSSR count). The van der Waals surface area contributed by atoms with Gasteiger partial charge in [0.1, 0.15) is 10.7 Å². The first-order valence-electron chi connectivity index (χ1n) is 6.72. The quantitative estimate of drug-likeness (QED) is 0.345. The number of nitro groups is 1. The standard InChI is InChI=1S/C12H13ClF3N5O2S/c1-24-11(18-19-2-4-20(5-3-19)21(22)23)10-9(13)6-8(7-17-10)12(14,15)16/h6-7H,2-5H2,1H3/b18-11+. The van der Waals surface area contributed by atoms with Crippen molar-refractivity contribution in [2.24, 2.45) is 5.10 Å². The summed E-state index contributed by atoms with van der Waals surface area (Å²) in [7, 11) is 0. The minimum atomic E-state index is -4.52. The highest BCUT2D eigenvalue weighted by Gasteiger charge is 2.32. The molecule has 7 nitrogen and oxygen atoms in total. The summed E-state index contributed by atoms with van der Waals surface area (Å²) in [6, 6.07) is 0.806. The van der Waals surface area contributed by atoms with Gasteiger partial charge in [0.15, 0.2) is 5.03 Å². The maximum absolute atomic E-state index is 12.7. The van der Waals surface area contributed by atoms with Crippen LogP contribution in [0.15, 0.2) is 17.4 Å². The summed E-state index contributed by atoms with van der Waals surface area (Å²) in [5.74, 6) is 0. The summed E-state index contributed by atoms with van der Waals surface area (Å²) >= 11 is 7.10. The summed E-state index contributed by atoms with van der Waals surface area (Å²) < 4.78 is 38.0. The van der Waals surface area contributed by atoms with E-state index in [0.717, 1.165) is 11.1 Å². The number of piperazine rings is 1. The van der Waals surface area contributed by atoms with Gasteiger partial charge in [-0.05, 0) is 12.3 Å². The molecule has 1 aromatic rings. The van der Waals surface area contributed by atoms with E-state index < -0.39 is 16.8 Å². The third-order valence-corrected chi connectivity index (χ3v) is 4.21. The molecule has 1 saturated heterocycles. The topological polar surface area (TPSA) is 74.9 Å². The van der Waals surface area contributed by atoms with E-state index in [1.165, 1.54) is 11.8 Å². The number of hydrogen-bond donors (Lipinski definition) is 0. The fourth-order valence-corrected chi connectivity index (χ4v) is 2.88. The van der Waals surface area contributed by atoms with Crippen molar-refractivity contribution in [3.8, 4) is 0 Å². The Hall–Kier alpha value is -1.75. The van der Waals surface area contributed by atoms with E-state index in [0.29, 0.717) is 24.3 Å². The van der Waals surface area contributed by atoms with Crippen LogP contribution in [-0.4, -0.2) is 57.5 Å². The molecular weight excluding hydrogens is 371 g/mol. The van der Waals surface area contributed by atoms with Crippen LogP contribution in [0.3, 0.4) is 0 Å². The van der Waals surface area contributed by atoms with Gasteiger partial charge in [-0.1, -0.05) is 11.6 Å². The van der Waals surface area contributed by atoms with E-state index in [-0.39, 0.29) is 23.8 Å². The second kappa shape index (κ2) is 7.43. The average Bonchev–Trinajstić information content (AvgIpc) is 2.52. The molecule has 0 saturated carbocycles. The Bertz CT molecular complexity index is 650. The van der Waals surface area contributed by atoms with Gasteiger partial charge in [0, 0.05) is 6.20 Å². The minimum Gasteiger partial charge on any atom is -0.292 e.